The smallest absolute Gasteiger partial charge is 0.120 e. The molecule has 0 spiro atoms. The summed E-state index contributed by atoms with van der Waals surface area (Å²) >= 11 is 3.45. The predicted octanol–water partition coefficient (Wildman–Crippen LogP) is 5.95. The predicted molar refractivity (Wildman–Crippen MR) is 103 cm³/mol. The van der Waals surface area contributed by atoms with E-state index >= 15 is 0 Å². The van der Waals surface area contributed by atoms with E-state index < -0.39 is 0 Å². The van der Waals surface area contributed by atoms with Crippen molar-refractivity contribution >= 4 is 21.6 Å². The van der Waals surface area contributed by atoms with Crippen molar-refractivity contribution in [2.45, 2.75) is 20.1 Å². The summed E-state index contributed by atoms with van der Waals surface area (Å²) in [5.74, 6) is 0.894. The Labute approximate surface area is 151 Å². The Bertz CT molecular complexity index is 717. The van der Waals surface area contributed by atoms with Crippen molar-refractivity contribution in [2.24, 2.45) is 0 Å². The van der Waals surface area contributed by atoms with Crippen LogP contribution in [0.25, 0.3) is 0 Å². The zero-order valence-corrected chi connectivity index (χ0v) is 15.2. The van der Waals surface area contributed by atoms with Crippen LogP contribution < -0.4 is 10.1 Å². The average Bonchev–Trinajstić information content (AvgIpc) is 2.61. The minimum absolute atomic E-state index is 0.587. The standard InChI is InChI=1S/C21H20BrNO/c1-16-5-7-17(8-6-16)15-24-21-4-2-3-18(13-21)14-23-20-11-9-19(22)10-12-20/h2-13,23H,14-15H2,1H3. The Kier molecular flexibility index (Phi) is 5.55. The zero-order chi connectivity index (χ0) is 16.8. The number of hydrogen-bond acceptors (Lipinski definition) is 2. The molecular weight excluding hydrogens is 362 g/mol. The molecule has 0 bridgehead atoms. The third-order valence-corrected chi connectivity index (χ3v) is 4.29. The third kappa shape index (κ3) is 4.87. The second kappa shape index (κ2) is 8.02. The van der Waals surface area contributed by atoms with Crippen molar-refractivity contribution in [2.75, 3.05) is 5.32 Å². The molecule has 0 atom stereocenters. The monoisotopic (exact) mass is 381 g/mol. The van der Waals surface area contributed by atoms with Gasteiger partial charge in [0.2, 0.25) is 0 Å². The molecule has 0 saturated carbocycles. The summed E-state index contributed by atoms with van der Waals surface area (Å²) < 4.78 is 6.99. The van der Waals surface area contributed by atoms with Crippen molar-refractivity contribution in [1.29, 1.82) is 0 Å². The van der Waals surface area contributed by atoms with Gasteiger partial charge in [-0.2, -0.15) is 0 Å². The van der Waals surface area contributed by atoms with Crippen LogP contribution in [-0.2, 0) is 13.2 Å². The lowest BCUT2D eigenvalue weighted by Crippen LogP contribution is -2.00. The molecule has 122 valence electrons. The molecule has 0 amide bonds. The Morgan fingerprint density at radius 1 is 0.875 bits per heavy atom. The van der Waals surface area contributed by atoms with E-state index in [1.807, 2.05) is 24.3 Å². The first-order chi connectivity index (χ1) is 11.7. The van der Waals surface area contributed by atoms with Gasteiger partial charge in [-0.1, -0.05) is 57.9 Å². The van der Waals surface area contributed by atoms with Gasteiger partial charge < -0.3 is 10.1 Å². The van der Waals surface area contributed by atoms with Gasteiger partial charge in [-0.15, -0.1) is 0 Å². The second-order valence-electron chi connectivity index (χ2n) is 5.78. The van der Waals surface area contributed by atoms with Crippen LogP contribution in [0.5, 0.6) is 5.75 Å². The van der Waals surface area contributed by atoms with E-state index in [0.29, 0.717) is 6.61 Å². The Balaban J connectivity index is 1.57. The second-order valence-corrected chi connectivity index (χ2v) is 6.70. The molecule has 0 fully saturated rings. The first-order valence-corrected chi connectivity index (χ1v) is 8.75. The van der Waals surface area contributed by atoms with Crippen LogP contribution in [0.1, 0.15) is 16.7 Å². The van der Waals surface area contributed by atoms with Crippen molar-refractivity contribution in [3.63, 3.8) is 0 Å². The summed E-state index contributed by atoms with van der Waals surface area (Å²) in [4.78, 5) is 0. The molecule has 0 aliphatic heterocycles. The number of anilines is 1. The SMILES string of the molecule is Cc1ccc(COc2cccc(CNc3ccc(Br)cc3)c2)cc1. The van der Waals surface area contributed by atoms with Crippen LogP contribution in [0.2, 0.25) is 0 Å². The Morgan fingerprint density at radius 3 is 2.38 bits per heavy atom. The molecule has 0 aromatic heterocycles. The van der Waals surface area contributed by atoms with Gasteiger partial charge in [0, 0.05) is 16.7 Å². The largest absolute Gasteiger partial charge is 0.489 e. The summed E-state index contributed by atoms with van der Waals surface area (Å²) in [6.45, 7) is 3.44. The van der Waals surface area contributed by atoms with Crippen molar-refractivity contribution in [3.05, 3.63) is 94.0 Å². The molecule has 0 aliphatic rings. The van der Waals surface area contributed by atoms with Crippen LogP contribution in [-0.4, -0.2) is 0 Å². The van der Waals surface area contributed by atoms with Gasteiger partial charge in [-0.05, 0) is 54.4 Å². The number of ether oxygens (including phenoxy) is 1. The maximum atomic E-state index is 5.91. The highest BCUT2D eigenvalue weighted by atomic mass is 79.9. The summed E-state index contributed by atoms with van der Waals surface area (Å²) in [6.07, 6.45) is 0. The van der Waals surface area contributed by atoms with E-state index in [2.05, 4.69) is 76.7 Å². The van der Waals surface area contributed by atoms with Crippen molar-refractivity contribution < 1.29 is 4.74 Å². The number of rotatable bonds is 6. The number of aryl methyl sites for hydroxylation is 1. The van der Waals surface area contributed by atoms with Gasteiger partial charge in [0.1, 0.15) is 12.4 Å². The molecule has 1 N–H and O–H groups in total. The minimum atomic E-state index is 0.587. The first kappa shape index (κ1) is 16.6. The van der Waals surface area contributed by atoms with E-state index in [0.717, 1.165) is 22.5 Å². The molecule has 3 aromatic carbocycles. The molecule has 3 heteroatoms. The molecule has 0 heterocycles. The van der Waals surface area contributed by atoms with Crippen LogP contribution >= 0.6 is 15.9 Å². The summed E-state index contributed by atoms with van der Waals surface area (Å²) in [6, 6.07) is 24.8. The molecule has 3 rings (SSSR count). The van der Waals surface area contributed by atoms with Crippen LogP contribution in [0.3, 0.4) is 0 Å². The van der Waals surface area contributed by atoms with Crippen LogP contribution in [0.4, 0.5) is 5.69 Å². The summed E-state index contributed by atoms with van der Waals surface area (Å²) in [5, 5.41) is 3.42. The lowest BCUT2D eigenvalue weighted by Gasteiger charge is -2.10. The van der Waals surface area contributed by atoms with E-state index in [1.54, 1.807) is 0 Å². The molecule has 0 unspecified atom stereocenters. The molecule has 0 aliphatic carbocycles. The third-order valence-electron chi connectivity index (χ3n) is 3.77. The summed E-state index contributed by atoms with van der Waals surface area (Å²) in [7, 11) is 0. The highest BCUT2D eigenvalue weighted by Gasteiger charge is 1.99. The quantitative estimate of drug-likeness (QED) is 0.569. The van der Waals surface area contributed by atoms with Crippen LogP contribution in [0.15, 0.2) is 77.3 Å². The van der Waals surface area contributed by atoms with Gasteiger partial charge in [0.25, 0.3) is 0 Å². The van der Waals surface area contributed by atoms with Crippen molar-refractivity contribution in [1.82, 2.24) is 0 Å². The van der Waals surface area contributed by atoms with E-state index in [1.165, 1.54) is 16.7 Å². The zero-order valence-electron chi connectivity index (χ0n) is 13.6. The topological polar surface area (TPSA) is 21.3 Å². The molecule has 3 aromatic rings. The number of nitrogens with one attached hydrogen (secondary N) is 1. The minimum Gasteiger partial charge on any atom is -0.489 e. The maximum absolute atomic E-state index is 5.91. The number of benzene rings is 3. The average molecular weight is 382 g/mol. The van der Waals surface area contributed by atoms with E-state index in [9.17, 15) is 0 Å². The molecule has 2 nitrogen and oxygen atoms in total. The van der Waals surface area contributed by atoms with Gasteiger partial charge in [-0.3, -0.25) is 0 Å². The fourth-order valence-electron chi connectivity index (χ4n) is 2.37. The molecule has 24 heavy (non-hydrogen) atoms. The van der Waals surface area contributed by atoms with E-state index in [4.69, 9.17) is 4.74 Å². The normalized spacial score (nSPS) is 10.4. The lowest BCUT2D eigenvalue weighted by atomic mass is 10.1. The summed E-state index contributed by atoms with van der Waals surface area (Å²) in [5.41, 5.74) is 4.74. The van der Waals surface area contributed by atoms with E-state index in [-0.39, 0.29) is 0 Å². The number of hydrogen-bond donors (Lipinski definition) is 1. The van der Waals surface area contributed by atoms with Gasteiger partial charge in [0.05, 0.1) is 0 Å². The van der Waals surface area contributed by atoms with Gasteiger partial charge in [0.15, 0.2) is 0 Å². The van der Waals surface area contributed by atoms with Crippen molar-refractivity contribution in [3.8, 4) is 5.75 Å². The fraction of sp³-hybridized carbons (Fsp3) is 0.143. The molecule has 0 radical (unpaired) electrons. The fourth-order valence-corrected chi connectivity index (χ4v) is 2.63. The lowest BCUT2D eigenvalue weighted by molar-refractivity contribution is 0.306. The highest BCUT2D eigenvalue weighted by Crippen LogP contribution is 2.18. The molecular formula is C21H20BrNO. The highest BCUT2D eigenvalue weighted by molar-refractivity contribution is 9.10. The maximum Gasteiger partial charge on any atom is 0.120 e. The van der Waals surface area contributed by atoms with Gasteiger partial charge in [-0.25, -0.2) is 0 Å². The first-order valence-electron chi connectivity index (χ1n) is 7.96. The number of halogens is 1. The Hall–Kier alpha value is -2.26. The Morgan fingerprint density at radius 2 is 1.62 bits per heavy atom. The van der Waals surface area contributed by atoms with Crippen LogP contribution in [0, 0.1) is 6.92 Å². The molecule has 0 saturated heterocycles. The van der Waals surface area contributed by atoms with Gasteiger partial charge >= 0.3 is 0 Å².